The van der Waals surface area contributed by atoms with Gasteiger partial charge in [0.15, 0.2) is 0 Å². The zero-order valence-electron chi connectivity index (χ0n) is 7.60. The lowest BCUT2D eigenvalue weighted by atomic mass is 10.00. The Labute approximate surface area is 71.9 Å². The lowest BCUT2D eigenvalue weighted by molar-refractivity contribution is -0.0341. The van der Waals surface area contributed by atoms with Crippen LogP contribution in [-0.4, -0.2) is 28.1 Å². The summed E-state index contributed by atoms with van der Waals surface area (Å²) in [4.78, 5) is 0. The van der Waals surface area contributed by atoms with E-state index in [-0.39, 0.29) is 11.3 Å². The van der Waals surface area contributed by atoms with E-state index in [1.54, 1.807) is 0 Å². The number of ether oxygens (including phenoxy) is 1. The van der Waals surface area contributed by atoms with Gasteiger partial charge in [-0.1, -0.05) is 6.92 Å². The second kappa shape index (κ2) is 3.69. The lowest BCUT2D eigenvalue weighted by Crippen LogP contribution is -2.52. The predicted octanol–water partition coefficient (Wildman–Crippen LogP) is -0.0141. The van der Waals surface area contributed by atoms with Crippen molar-refractivity contribution in [2.75, 3.05) is 6.61 Å². The van der Waals surface area contributed by atoms with Crippen molar-refractivity contribution in [3.8, 4) is 0 Å². The third kappa shape index (κ3) is 2.04. The monoisotopic (exact) mass is 173 g/mol. The molecule has 1 aliphatic rings. The van der Waals surface area contributed by atoms with Gasteiger partial charge in [0.2, 0.25) is 0 Å². The maximum atomic E-state index is 5.99. The average Bonchev–Trinajstić information content (AvgIpc) is 2.04. The minimum Gasteiger partial charge on any atom is -0.378 e. The number of hydrogen-bond donors (Lipinski definition) is 1. The fourth-order valence-electron chi connectivity index (χ4n) is 1.68. The summed E-state index contributed by atoms with van der Waals surface area (Å²) in [5.74, 6) is 0. The van der Waals surface area contributed by atoms with Crippen molar-refractivity contribution in [2.24, 2.45) is 5.73 Å². The van der Waals surface area contributed by atoms with Crippen molar-refractivity contribution in [1.29, 1.82) is 0 Å². The zero-order valence-corrected chi connectivity index (χ0v) is 9.60. The van der Waals surface area contributed by atoms with Crippen LogP contribution in [0.4, 0.5) is 0 Å². The molecule has 0 aromatic carbocycles. The number of hydrogen-bond acceptors (Lipinski definition) is 2. The van der Waals surface area contributed by atoms with Gasteiger partial charge in [0.05, 0.1) is 5.22 Å². The molecule has 1 rings (SSSR count). The molecule has 1 saturated heterocycles. The molecule has 66 valence electrons. The van der Waals surface area contributed by atoms with Crippen LogP contribution in [0, 0.1) is 0 Å². The van der Waals surface area contributed by atoms with Gasteiger partial charge in [0.1, 0.15) is 0 Å². The van der Waals surface area contributed by atoms with Crippen molar-refractivity contribution >= 4 is 10.2 Å². The molecule has 0 aromatic rings. The molecule has 2 nitrogen and oxygen atoms in total. The van der Waals surface area contributed by atoms with Crippen LogP contribution < -0.4 is 5.73 Å². The molecule has 3 heteroatoms. The van der Waals surface area contributed by atoms with Crippen molar-refractivity contribution in [2.45, 2.75) is 43.9 Å². The Morgan fingerprint density at radius 2 is 2.36 bits per heavy atom. The van der Waals surface area contributed by atoms with Gasteiger partial charge >= 0.3 is 0 Å². The third-order valence-corrected chi connectivity index (χ3v) is 4.25. The summed E-state index contributed by atoms with van der Waals surface area (Å²) in [6.07, 6.45) is 4.76. The van der Waals surface area contributed by atoms with Gasteiger partial charge in [0, 0.05) is 22.9 Å². The first kappa shape index (κ1) is 9.23. The van der Waals surface area contributed by atoms with Crippen LogP contribution in [0.15, 0.2) is 0 Å². The fraction of sp³-hybridized carbons (Fsp3) is 1.00. The third-order valence-electron chi connectivity index (χ3n) is 2.72. The summed E-state index contributed by atoms with van der Waals surface area (Å²) < 4.78 is 5.75. The standard InChI is InChI=1S/C8H19NOSi/c1-2-7(9)8(11)5-3-4-6-10-8/h7H,2-6,9H2,1,11H3. The van der Waals surface area contributed by atoms with E-state index in [0.29, 0.717) is 0 Å². The highest BCUT2D eigenvalue weighted by Gasteiger charge is 2.32. The van der Waals surface area contributed by atoms with Crippen molar-refractivity contribution < 1.29 is 4.74 Å². The molecule has 1 aliphatic heterocycles. The van der Waals surface area contributed by atoms with Gasteiger partial charge < -0.3 is 10.5 Å². The van der Waals surface area contributed by atoms with Crippen LogP contribution in [0.1, 0.15) is 32.6 Å². The van der Waals surface area contributed by atoms with E-state index in [1.807, 2.05) is 0 Å². The van der Waals surface area contributed by atoms with Crippen molar-refractivity contribution in [3.05, 3.63) is 0 Å². The Morgan fingerprint density at radius 1 is 1.64 bits per heavy atom. The van der Waals surface area contributed by atoms with E-state index in [9.17, 15) is 0 Å². The first-order chi connectivity index (χ1) is 5.19. The molecule has 0 bridgehead atoms. The normalized spacial score (nSPS) is 35.5. The van der Waals surface area contributed by atoms with Crippen molar-refractivity contribution in [1.82, 2.24) is 0 Å². The van der Waals surface area contributed by atoms with Crippen LogP contribution in [-0.2, 0) is 4.74 Å². The smallest absolute Gasteiger partial charge is 0.0631 e. The Morgan fingerprint density at radius 3 is 2.82 bits per heavy atom. The Bertz CT molecular complexity index is 123. The largest absolute Gasteiger partial charge is 0.378 e. The molecule has 2 N–H and O–H groups in total. The van der Waals surface area contributed by atoms with E-state index in [0.717, 1.165) is 23.3 Å². The van der Waals surface area contributed by atoms with Gasteiger partial charge in [-0.3, -0.25) is 0 Å². The Hall–Kier alpha value is 0.137. The summed E-state index contributed by atoms with van der Waals surface area (Å²) in [6.45, 7) is 3.07. The zero-order chi connectivity index (χ0) is 8.32. The van der Waals surface area contributed by atoms with Crippen molar-refractivity contribution in [3.63, 3.8) is 0 Å². The Balaban J connectivity index is 2.49. The number of rotatable bonds is 2. The maximum absolute atomic E-state index is 5.99. The lowest BCUT2D eigenvalue weighted by Gasteiger charge is -2.38. The topological polar surface area (TPSA) is 35.2 Å². The fourth-order valence-corrected chi connectivity index (χ4v) is 2.65. The first-order valence-corrected chi connectivity index (χ1v) is 5.58. The molecule has 2 atom stereocenters. The van der Waals surface area contributed by atoms with Crippen LogP contribution in [0.2, 0.25) is 0 Å². The molecule has 0 aromatic heterocycles. The summed E-state index contributed by atoms with van der Waals surface area (Å²) >= 11 is 0. The summed E-state index contributed by atoms with van der Waals surface area (Å²) in [5.41, 5.74) is 5.99. The van der Waals surface area contributed by atoms with Crippen LogP contribution in [0.3, 0.4) is 0 Å². The minimum atomic E-state index is 0.104. The highest BCUT2D eigenvalue weighted by Crippen LogP contribution is 2.25. The molecule has 0 spiro atoms. The second-order valence-electron chi connectivity index (χ2n) is 3.63. The molecule has 0 saturated carbocycles. The molecule has 0 radical (unpaired) electrons. The molecule has 11 heavy (non-hydrogen) atoms. The summed E-state index contributed by atoms with van der Waals surface area (Å²) in [7, 11) is 1.08. The van der Waals surface area contributed by atoms with Crippen LogP contribution in [0.5, 0.6) is 0 Å². The van der Waals surface area contributed by atoms with E-state index < -0.39 is 0 Å². The molecule has 0 amide bonds. The SMILES string of the molecule is CCC(N)C1([SiH3])CCCCO1. The molecular formula is C8H19NOSi. The van der Waals surface area contributed by atoms with E-state index in [2.05, 4.69) is 6.92 Å². The molecule has 0 aliphatic carbocycles. The summed E-state index contributed by atoms with van der Waals surface area (Å²) in [5, 5.41) is 0.104. The van der Waals surface area contributed by atoms with Gasteiger partial charge in [-0.25, -0.2) is 0 Å². The van der Waals surface area contributed by atoms with Gasteiger partial charge in [0.25, 0.3) is 0 Å². The quantitative estimate of drug-likeness (QED) is 0.596. The molecule has 2 unspecified atom stereocenters. The van der Waals surface area contributed by atoms with E-state index in [1.165, 1.54) is 19.3 Å². The van der Waals surface area contributed by atoms with E-state index in [4.69, 9.17) is 10.5 Å². The highest BCUT2D eigenvalue weighted by molar-refractivity contribution is 6.15. The predicted molar refractivity (Wildman–Crippen MR) is 50.7 cm³/mol. The van der Waals surface area contributed by atoms with Gasteiger partial charge in [-0.15, -0.1) is 0 Å². The Kier molecular flexibility index (Phi) is 3.10. The minimum absolute atomic E-state index is 0.104. The average molecular weight is 173 g/mol. The first-order valence-electron chi connectivity index (χ1n) is 4.58. The molecule has 1 heterocycles. The second-order valence-corrected chi connectivity index (χ2v) is 5.33. The maximum Gasteiger partial charge on any atom is 0.0631 e. The summed E-state index contributed by atoms with van der Waals surface area (Å²) in [6, 6.07) is 0.273. The number of nitrogens with two attached hydrogens (primary N) is 1. The molecule has 1 fully saturated rings. The van der Waals surface area contributed by atoms with Gasteiger partial charge in [-0.05, 0) is 25.7 Å². The van der Waals surface area contributed by atoms with Gasteiger partial charge in [-0.2, -0.15) is 0 Å². The molecular weight excluding hydrogens is 154 g/mol. The van der Waals surface area contributed by atoms with Crippen LogP contribution in [0.25, 0.3) is 0 Å². The highest BCUT2D eigenvalue weighted by atomic mass is 28.1. The van der Waals surface area contributed by atoms with Crippen LogP contribution >= 0.6 is 0 Å². The van der Waals surface area contributed by atoms with E-state index >= 15 is 0 Å².